The van der Waals surface area contributed by atoms with Gasteiger partial charge in [-0.15, -0.1) is 5.10 Å². The summed E-state index contributed by atoms with van der Waals surface area (Å²) in [5.74, 6) is 0.714. The molecule has 0 unspecified atom stereocenters. The lowest BCUT2D eigenvalue weighted by molar-refractivity contribution is 0.471. The summed E-state index contributed by atoms with van der Waals surface area (Å²) in [4.78, 5) is 0. The molecule has 19 heavy (non-hydrogen) atoms. The van der Waals surface area contributed by atoms with Gasteiger partial charge in [-0.3, -0.25) is 4.68 Å². The van der Waals surface area contributed by atoms with Crippen LogP contribution < -0.4 is 10.1 Å². The Bertz CT molecular complexity index is 534. The zero-order chi connectivity index (χ0) is 13.1. The monoisotopic (exact) mass is 279 g/mol. The molecular formula is C12H17N5OS. The predicted octanol–water partition coefficient (Wildman–Crippen LogP) is 2.19. The number of nitrogens with zero attached hydrogens (tertiary/aromatic N) is 4. The molecule has 0 saturated heterocycles. The SMILES string of the molecule is CCCn1cc(Oc2nnc(CNC3CC3)s2)cn1. The predicted molar refractivity (Wildman–Crippen MR) is 72.4 cm³/mol. The van der Waals surface area contributed by atoms with E-state index in [0.29, 0.717) is 17.0 Å². The van der Waals surface area contributed by atoms with Crippen LogP contribution in [0.2, 0.25) is 0 Å². The highest BCUT2D eigenvalue weighted by atomic mass is 32.1. The van der Waals surface area contributed by atoms with Crippen molar-refractivity contribution in [1.82, 2.24) is 25.3 Å². The first kappa shape index (κ1) is 12.6. The van der Waals surface area contributed by atoms with Crippen molar-refractivity contribution in [3.8, 4) is 10.9 Å². The molecule has 6 nitrogen and oxygen atoms in total. The van der Waals surface area contributed by atoms with Crippen molar-refractivity contribution in [2.75, 3.05) is 0 Å². The molecular weight excluding hydrogens is 262 g/mol. The maximum atomic E-state index is 5.64. The van der Waals surface area contributed by atoms with Gasteiger partial charge in [-0.1, -0.05) is 23.4 Å². The summed E-state index contributed by atoms with van der Waals surface area (Å²) in [5.41, 5.74) is 0. The minimum atomic E-state index is 0.573. The van der Waals surface area contributed by atoms with E-state index in [1.165, 1.54) is 24.2 Å². The van der Waals surface area contributed by atoms with E-state index < -0.39 is 0 Å². The van der Waals surface area contributed by atoms with E-state index in [4.69, 9.17) is 4.74 Å². The van der Waals surface area contributed by atoms with Crippen LogP contribution in [0, 0.1) is 0 Å². The Hall–Kier alpha value is -1.47. The maximum Gasteiger partial charge on any atom is 0.299 e. The van der Waals surface area contributed by atoms with Gasteiger partial charge in [-0.25, -0.2) is 0 Å². The quantitative estimate of drug-likeness (QED) is 0.841. The smallest absolute Gasteiger partial charge is 0.299 e. The standard InChI is InChI=1S/C12H17N5OS/c1-2-5-17-8-10(6-14-17)18-12-16-15-11(19-12)7-13-9-3-4-9/h6,8-9,13H,2-5,7H2,1H3. The molecule has 0 spiro atoms. The Balaban J connectivity index is 1.55. The van der Waals surface area contributed by atoms with Crippen molar-refractivity contribution in [1.29, 1.82) is 0 Å². The van der Waals surface area contributed by atoms with Crippen LogP contribution in [0.4, 0.5) is 0 Å². The van der Waals surface area contributed by atoms with Crippen LogP contribution in [0.5, 0.6) is 10.9 Å². The van der Waals surface area contributed by atoms with Gasteiger partial charge in [0.05, 0.1) is 18.9 Å². The second-order valence-corrected chi connectivity index (χ2v) is 5.68. The Kier molecular flexibility index (Phi) is 3.74. The van der Waals surface area contributed by atoms with Crippen LogP contribution in [0.3, 0.4) is 0 Å². The fraction of sp³-hybridized carbons (Fsp3) is 0.583. The third kappa shape index (κ3) is 3.51. The van der Waals surface area contributed by atoms with Gasteiger partial charge in [0.1, 0.15) is 5.01 Å². The van der Waals surface area contributed by atoms with Gasteiger partial charge in [0.2, 0.25) is 0 Å². The van der Waals surface area contributed by atoms with E-state index >= 15 is 0 Å². The lowest BCUT2D eigenvalue weighted by Gasteiger charge is -1.97. The first-order valence-corrected chi connectivity index (χ1v) is 7.41. The number of ether oxygens (including phenoxy) is 1. The molecule has 2 aromatic heterocycles. The fourth-order valence-corrected chi connectivity index (χ4v) is 2.38. The van der Waals surface area contributed by atoms with Crippen molar-refractivity contribution >= 4 is 11.3 Å². The van der Waals surface area contributed by atoms with Gasteiger partial charge >= 0.3 is 0 Å². The van der Waals surface area contributed by atoms with Crippen LogP contribution in [-0.2, 0) is 13.1 Å². The van der Waals surface area contributed by atoms with Gasteiger partial charge < -0.3 is 10.1 Å². The molecule has 2 heterocycles. The number of nitrogens with one attached hydrogen (secondary N) is 1. The highest BCUT2D eigenvalue weighted by molar-refractivity contribution is 7.13. The average Bonchev–Trinajstić information content (AvgIpc) is 2.97. The molecule has 0 radical (unpaired) electrons. The summed E-state index contributed by atoms with van der Waals surface area (Å²) in [6.07, 6.45) is 7.20. The highest BCUT2D eigenvalue weighted by Crippen LogP contribution is 2.25. The van der Waals surface area contributed by atoms with E-state index in [9.17, 15) is 0 Å². The van der Waals surface area contributed by atoms with Crippen LogP contribution in [-0.4, -0.2) is 26.0 Å². The summed E-state index contributed by atoms with van der Waals surface area (Å²) >= 11 is 1.48. The number of rotatable bonds is 7. The summed E-state index contributed by atoms with van der Waals surface area (Å²) in [6.45, 7) is 3.79. The lowest BCUT2D eigenvalue weighted by Crippen LogP contribution is -2.14. The molecule has 102 valence electrons. The van der Waals surface area contributed by atoms with E-state index in [0.717, 1.165) is 24.5 Å². The summed E-state index contributed by atoms with van der Waals surface area (Å²) in [6, 6.07) is 0.681. The first-order chi connectivity index (χ1) is 9.33. The summed E-state index contributed by atoms with van der Waals surface area (Å²) < 4.78 is 7.51. The minimum absolute atomic E-state index is 0.573. The Morgan fingerprint density at radius 3 is 3.16 bits per heavy atom. The third-order valence-electron chi connectivity index (χ3n) is 2.84. The zero-order valence-corrected chi connectivity index (χ0v) is 11.7. The van der Waals surface area contributed by atoms with Gasteiger partial charge in [0.25, 0.3) is 5.19 Å². The van der Waals surface area contributed by atoms with Crippen LogP contribution in [0.1, 0.15) is 31.2 Å². The molecule has 1 aliphatic rings. The first-order valence-electron chi connectivity index (χ1n) is 6.59. The number of hydrogen-bond acceptors (Lipinski definition) is 6. The van der Waals surface area contributed by atoms with Gasteiger partial charge in [-0.2, -0.15) is 5.10 Å². The molecule has 0 atom stereocenters. The van der Waals surface area contributed by atoms with Crippen molar-refractivity contribution in [2.24, 2.45) is 0 Å². The van der Waals surface area contributed by atoms with Gasteiger partial charge in [-0.05, 0) is 19.3 Å². The van der Waals surface area contributed by atoms with Gasteiger partial charge in [0.15, 0.2) is 5.75 Å². The third-order valence-corrected chi connectivity index (χ3v) is 3.64. The second-order valence-electron chi connectivity index (χ2n) is 4.66. The summed E-state index contributed by atoms with van der Waals surface area (Å²) in [5, 5.41) is 17.3. The van der Waals surface area contributed by atoms with E-state index in [2.05, 4.69) is 27.5 Å². The van der Waals surface area contributed by atoms with Crippen molar-refractivity contribution in [2.45, 2.75) is 45.3 Å². The molecule has 7 heteroatoms. The number of hydrogen-bond donors (Lipinski definition) is 1. The normalized spacial score (nSPS) is 14.8. The van der Waals surface area contributed by atoms with Crippen LogP contribution in [0.25, 0.3) is 0 Å². The Morgan fingerprint density at radius 2 is 2.37 bits per heavy atom. The molecule has 3 rings (SSSR count). The summed E-state index contributed by atoms with van der Waals surface area (Å²) in [7, 11) is 0. The molecule has 1 fully saturated rings. The molecule has 0 bridgehead atoms. The van der Waals surface area contributed by atoms with Crippen LogP contribution >= 0.6 is 11.3 Å². The number of aryl methyl sites for hydroxylation is 1. The molecule has 1 aliphatic carbocycles. The topological polar surface area (TPSA) is 64.9 Å². The Labute approximate surface area is 115 Å². The lowest BCUT2D eigenvalue weighted by atomic mass is 10.5. The molecule has 2 aromatic rings. The van der Waals surface area contributed by atoms with Crippen molar-refractivity contribution < 1.29 is 4.74 Å². The van der Waals surface area contributed by atoms with Crippen molar-refractivity contribution in [3.63, 3.8) is 0 Å². The molecule has 0 amide bonds. The maximum absolute atomic E-state index is 5.64. The molecule has 1 saturated carbocycles. The Morgan fingerprint density at radius 1 is 1.47 bits per heavy atom. The largest absolute Gasteiger partial charge is 0.426 e. The molecule has 1 N–H and O–H groups in total. The average molecular weight is 279 g/mol. The van der Waals surface area contributed by atoms with E-state index in [-0.39, 0.29) is 0 Å². The van der Waals surface area contributed by atoms with E-state index in [1.54, 1.807) is 6.20 Å². The second kappa shape index (κ2) is 5.66. The fourth-order valence-electron chi connectivity index (χ4n) is 1.72. The van der Waals surface area contributed by atoms with E-state index in [1.807, 2.05) is 10.9 Å². The molecule has 0 aromatic carbocycles. The highest BCUT2D eigenvalue weighted by Gasteiger charge is 2.20. The van der Waals surface area contributed by atoms with Gasteiger partial charge in [0, 0.05) is 12.6 Å². The number of aromatic nitrogens is 4. The van der Waals surface area contributed by atoms with Crippen LogP contribution in [0.15, 0.2) is 12.4 Å². The zero-order valence-electron chi connectivity index (χ0n) is 10.9. The molecule has 0 aliphatic heterocycles. The minimum Gasteiger partial charge on any atom is -0.426 e. The van der Waals surface area contributed by atoms with Crippen molar-refractivity contribution in [3.05, 3.63) is 17.4 Å².